The molecule has 0 N–H and O–H groups in total. The number of aryl methyl sites for hydroxylation is 1. The van der Waals surface area contributed by atoms with Crippen LogP contribution in [0, 0.1) is 0 Å². The van der Waals surface area contributed by atoms with Crippen molar-refractivity contribution in [2.24, 2.45) is 7.05 Å². The van der Waals surface area contributed by atoms with Crippen LogP contribution >= 0.6 is 0 Å². The molecule has 2 aromatic heterocycles. The average Bonchev–Trinajstić information content (AvgIpc) is 3.71. The Labute approximate surface area is 182 Å². The van der Waals surface area contributed by atoms with Crippen molar-refractivity contribution >= 4 is 11.6 Å². The lowest BCUT2D eigenvalue weighted by Crippen LogP contribution is -2.23. The Kier molecular flexibility index (Phi) is 4.23. The van der Waals surface area contributed by atoms with E-state index < -0.39 is 0 Å². The molecule has 3 aromatic rings. The molecule has 3 heterocycles. The molecule has 0 radical (unpaired) electrons. The van der Waals surface area contributed by atoms with Crippen LogP contribution in [0.3, 0.4) is 0 Å². The normalized spacial score (nSPS) is 19.0. The van der Waals surface area contributed by atoms with Crippen molar-refractivity contribution in [3.8, 4) is 0 Å². The van der Waals surface area contributed by atoms with E-state index in [0.29, 0.717) is 18.4 Å². The molecule has 1 unspecified atom stereocenters. The zero-order valence-corrected chi connectivity index (χ0v) is 18.1. The summed E-state index contributed by atoms with van der Waals surface area (Å²) in [6.45, 7) is 2.84. The Morgan fingerprint density at radius 3 is 2.65 bits per heavy atom. The van der Waals surface area contributed by atoms with Crippen LogP contribution in [0.15, 0.2) is 36.7 Å². The molecule has 1 aliphatic heterocycles. The third-order valence-electron chi connectivity index (χ3n) is 6.97. The summed E-state index contributed by atoms with van der Waals surface area (Å²) in [5.41, 5.74) is 6.57. The molecular weight excluding hydrogens is 386 g/mol. The van der Waals surface area contributed by atoms with Gasteiger partial charge in [0, 0.05) is 53.5 Å². The first-order valence-corrected chi connectivity index (χ1v) is 11.4. The van der Waals surface area contributed by atoms with Crippen molar-refractivity contribution < 1.29 is 4.79 Å². The number of carbonyl (C=O) groups excluding carboxylic acids is 1. The maximum absolute atomic E-state index is 13.4. The minimum atomic E-state index is 0.124. The van der Waals surface area contributed by atoms with Gasteiger partial charge in [-0.3, -0.25) is 9.78 Å². The van der Waals surface area contributed by atoms with Gasteiger partial charge in [0.05, 0.1) is 6.54 Å². The van der Waals surface area contributed by atoms with Gasteiger partial charge < -0.3 is 9.47 Å². The first kappa shape index (κ1) is 18.7. The molecule has 2 aliphatic carbocycles. The number of hydrogen-bond acceptors (Lipinski definition) is 4. The molecule has 1 atom stereocenters. The molecule has 0 spiro atoms. The smallest absolute Gasteiger partial charge is 0.259 e. The Morgan fingerprint density at radius 2 is 1.94 bits per heavy atom. The van der Waals surface area contributed by atoms with Gasteiger partial charge >= 0.3 is 0 Å². The van der Waals surface area contributed by atoms with E-state index in [4.69, 9.17) is 4.98 Å². The molecular formula is C25H27N5O. The van der Waals surface area contributed by atoms with Crippen LogP contribution in [-0.4, -0.2) is 25.7 Å². The van der Waals surface area contributed by atoms with Crippen LogP contribution in [0.2, 0.25) is 0 Å². The third-order valence-corrected chi connectivity index (χ3v) is 6.97. The van der Waals surface area contributed by atoms with E-state index in [0.717, 1.165) is 34.8 Å². The topological polar surface area (TPSA) is 63.9 Å². The van der Waals surface area contributed by atoms with Gasteiger partial charge in [0.1, 0.15) is 12.2 Å². The molecule has 31 heavy (non-hydrogen) atoms. The van der Waals surface area contributed by atoms with E-state index in [1.807, 2.05) is 22.6 Å². The predicted molar refractivity (Wildman–Crippen MR) is 118 cm³/mol. The maximum Gasteiger partial charge on any atom is 0.259 e. The molecule has 1 aromatic carbocycles. The zero-order chi connectivity index (χ0) is 21.1. The minimum absolute atomic E-state index is 0.124. The average molecular weight is 414 g/mol. The zero-order valence-electron chi connectivity index (χ0n) is 18.1. The van der Waals surface area contributed by atoms with E-state index in [1.165, 1.54) is 36.9 Å². The lowest BCUT2D eigenvalue weighted by molar-refractivity contribution is 0.0996. The molecule has 6 rings (SSSR count). The maximum atomic E-state index is 13.4. The molecule has 6 heteroatoms. The Bertz CT molecular complexity index is 1170. The fourth-order valence-corrected chi connectivity index (χ4v) is 4.72. The first-order chi connectivity index (χ1) is 15.1. The van der Waals surface area contributed by atoms with Crippen LogP contribution in [0.1, 0.15) is 89.1 Å². The van der Waals surface area contributed by atoms with Gasteiger partial charge in [-0.15, -0.1) is 10.2 Å². The van der Waals surface area contributed by atoms with Gasteiger partial charge in [0.15, 0.2) is 0 Å². The number of pyridine rings is 1. The molecule has 158 valence electrons. The van der Waals surface area contributed by atoms with Gasteiger partial charge in [-0.05, 0) is 55.4 Å². The lowest BCUT2D eigenvalue weighted by Gasteiger charge is -2.19. The van der Waals surface area contributed by atoms with Crippen molar-refractivity contribution in [2.45, 2.75) is 63.3 Å². The van der Waals surface area contributed by atoms with E-state index in [2.05, 4.69) is 41.4 Å². The van der Waals surface area contributed by atoms with Crippen molar-refractivity contribution in [3.05, 3.63) is 70.6 Å². The SMILES string of the molecule is CC(Cc1nncn1C)c1cccc(N2Cc3c(cc(C4CC4)nc3C3CC3)C2=O)c1. The Morgan fingerprint density at radius 1 is 1.13 bits per heavy atom. The highest BCUT2D eigenvalue weighted by atomic mass is 16.2. The third kappa shape index (κ3) is 3.34. The number of hydrogen-bond donors (Lipinski definition) is 0. The summed E-state index contributed by atoms with van der Waals surface area (Å²) in [6.07, 6.45) is 7.38. The van der Waals surface area contributed by atoms with Gasteiger partial charge in [-0.25, -0.2) is 0 Å². The van der Waals surface area contributed by atoms with Crippen LogP contribution in [0.4, 0.5) is 5.69 Å². The van der Waals surface area contributed by atoms with E-state index >= 15 is 0 Å². The van der Waals surface area contributed by atoms with Crippen molar-refractivity contribution in [1.82, 2.24) is 19.7 Å². The molecule has 1 amide bonds. The largest absolute Gasteiger partial charge is 0.321 e. The van der Waals surface area contributed by atoms with Crippen LogP contribution < -0.4 is 4.90 Å². The monoisotopic (exact) mass is 413 g/mol. The summed E-state index contributed by atoms with van der Waals surface area (Å²) in [5, 5.41) is 8.21. The summed E-state index contributed by atoms with van der Waals surface area (Å²) < 4.78 is 1.96. The highest BCUT2D eigenvalue weighted by molar-refractivity contribution is 6.10. The second-order valence-corrected chi connectivity index (χ2v) is 9.46. The van der Waals surface area contributed by atoms with Gasteiger partial charge in [0.2, 0.25) is 0 Å². The van der Waals surface area contributed by atoms with Gasteiger partial charge in [0.25, 0.3) is 5.91 Å². The summed E-state index contributed by atoms with van der Waals surface area (Å²) in [7, 11) is 1.97. The number of anilines is 1. The van der Waals surface area contributed by atoms with Crippen molar-refractivity contribution in [3.63, 3.8) is 0 Å². The standard InChI is InChI=1S/C25H27N5O/c1-15(10-23-28-26-14-29(23)2)18-4-3-5-19(11-18)30-13-21-20(25(30)31)12-22(16-6-7-16)27-24(21)17-8-9-17/h3-5,11-12,14-17H,6-10,13H2,1-2H3. The number of nitrogens with zero attached hydrogens (tertiary/aromatic N) is 5. The fraction of sp³-hybridized carbons (Fsp3) is 0.440. The molecule has 0 bridgehead atoms. The quantitative estimate of drug-likeness (QED) is 0.598. The summed E-state index contributed by atoms with van der Waals surface area (Å²) in [6, 6.07) is 10.5. The van der Waals surface area contributed by atoms with E-state index in [1.54, 1.807) is 6.33 Å². The number of aromatic nitrogens is 4. The predicted octanol–water partition coefficient (Wildman–Crippen LogP) is 4.47. The number of rotatable bonds is 6. The fourth-order valence-electron chi connectivity index (χ4n) is 4.72. The number of fused-ring (bicyclic) bond motifs is 1. The molecule has 6 nitrogen and oxygen atoms in total. The van der Waals surface area contributed by atoms with Crippen molar-refractivity contribution in [2.75, 3.05) is 4.90 Å². The summed E-state index contributed by atoms with van der Waals surface area (Å²) >= 11 is 0. The highest BCUT2D eigenvalue weighted by Crippen LogP contribution is 2.47. The van der Waals surface area contributed by atoms with Crippen LogP contribution in [0.25, 0.3) is 0 Å². The number of benzene rings is 1. The van der Waals surface area contributed by atoms with Crippen molar-refractivity contribution in [1.29, 1.82) is 0 Å². The minimum Gasteiger partial charge on any atom is -0.321 e. The number of carbonyl (C=O) groups is 1. The lowest BCUT2D eigenvalue weighted by atomic mass is 9.97. The van der Waals surface area contributed by atoms with Crippen LogP contribution in [0.5, 0.6) is 0 Å². The summed E-state index contributed by atoms with van der Waals surface area (Å²) in [5.74, 6) is 2.50. The Balaban J connectivity index is 1.30. The molecule has 2 saturated carbocycles. The second kappa shape index (κ2) is 7.01. The van der Waals surface area contributed by atoms with Gasteiger partial charge in [-0.1, -0.05) is 19.1 Å². The van der Waals surface area contributed by atoms with E-state index in [9.17, 15) is 4.79 Å². The summed E-state index contributed by atoms with van der Waals surface area (Å²) in [4.78, 5) is 20.4. The van der Waals surface area contributed by atoms with Crippen LogP contribution in [-0.2, 0) is 20.0 Å². The Hall–Kier alpha value is -3.02. The van der Waals surface area contributed by atoms with E-state index in [-0.39, 0.29) is 11.8 Å². The molecule has 0 saturated heterocycles. The second-order valence-electron chi connectivity index (χ2n) is 9.46. The molecule has 3 aliphatic rings. The van der Waals surface area contributed by atoms with Gasteiger partial charge in [-0.2, -0.15) is 0 Å². The highest BCUT2D eigenvalue weighted by Gasteiger charge is 2.38. The molecule has 2 fully saturated rings. The number of amides is 1. The first-order valence-electron chi connectivity index (χ1n) is 11.4.